The maximum Gasteiger partial charge on any atom is 0.311 e. The summed E-state index contributed by atoms with van der Waals surface area (Å²) in [5, 5.41) is 4.80. The smallest absolute Gasteiger partial charge is 0.311 e. The van der Waals surface area contributed by atoms with Gasteiger partial charge in [0.2, 0.25) is 0 Å². The van der Waals surface area contributed by atoms with E-state index in [1.54, 1.807) is 24.0 Å². The summed E-state index contributed by atoms with van der Waals surface area (Å²) < 4.78 is 14.6. The Hall–Kier alpha value is -4.64. The number of benzene rings is 1. The summed E-state index contributed by atoms with van der Waals surface area (Å²) in [6.07, 6.45) is 3.57. The molecule has 204 valence electrons. The number of aryl methyl sites for hydroxylation is 1. The first-order chi connectivity index (χ1) is 19.7. The van der Waals surface area contributed by atoms with Crippen molar-refractivity contribution in [3.05, 3.63) is 66.6 Å². The van der Waals surface area contributed by atoms with Crippen molar-refractivity contribution in [3.63, 3.8) is 0 Å². The highest BCUT2D eigenvalue weighted by atomic mass is 16.5. The molecule has 0 atom stereocenters. The van der Waals surface area contributed by atoms with Crippen LogP contribution in [0.3, 0.4) is 0 Å². The van der Waals surface area contributed by atoms with E-state index < -0.39 is 0 Å². The molecule has 40 heavy (non-hydrogen) atoms. The molecule has 0 aliphatic carbocycles. The zero-order valence-electron chi connectivity index (χ0n) is 22.5. The number of fused-ring (bicyclic) bond motifs is 1. The minimum atomic E-state index is -0.330. The van der Waals surface area contributed by atoms with Crippen LogP contribution >= 0.6 is 0 Å². The molecule has 1 aromatic carbocycles. The number of imidazole rings is 1. The van der Waals surface area contributed by atoms with Crippen LogP contribution in [-0.2, 0) is 27.2 Å². The summed E-state index contributed by atoms with van der Waals surface area (Å²) in [4.78, 5) is 33.8. The van der Waals surface area contributed by atoms with Crippen LogP contribution in [0, 0.1) is 0 Å². The molecule has 1 aliphatic rings. The van der Waals surface area contributed by atoms with Gasteiger partial charge in [0, 0.05) is 43.2 Å². The van der Waals surface area contributed by atoms with E-state index >= 15 is 0 Å². The Morgan fingerprint density at radius 1 is 0.975 bits per heavy atom. The van der Waals surface area contributed by atoms with Gasteiger partial charge in [0.1, 0.15) is 5.82 Å². The van der Waals surface area contributed by atoms with Crippen LogP contribution in [0.5, 0.6) is 0 Å². The molecule has 0 amide bonds. The molecule has 1 fully saturated rings. The van der Waals surface area contributed by atoms with Crippen molar-refractivity contribution < 1.29 is 14.3 Å². The van der Waals surface area contributed by atoms with Gasteiger partial charge in [-0.3, -0.25) is 9.78 Å². The van der Waals surface area contributed by atoms with Gasteiger partial charge in [-0.05, 0) is 32.0 Å². The lowest BCUT2D eigenvalue weighted by atomic mass is 10.1. The highest BCUT2D eigenvalue weighted by Gasteiger charge is 2.25. The molecule has 0 spiro atoms. The highest BCUT2D eigenvalue weighted by Crippen LogP contribution is 2.32. The standard InChI is InChI=1S/C29H30N8O3/c1-3-36-26(21-10-12-30-13-11-21)31-25-27(35-14-16-39-17-15-35)32-29(33-28(25)36)37-23(20-8-6-5-7-9-20)18-22(34-37)19-24(38)40-4-2/h5-13,18H,3-4,14-17,19H2,1-2H3. The highest BCUT2D eigenvalue weighted by molar-refractivity contribution is 5.88. The number of hydrogen-bond donors (Lipinski definition) is 0. The van der Waals surface area contributed by atoms with Gasteiger partial charge in [0.05, 0.1) is 37.6 Å². The first-order valence-corrected chi connectivity index (χ1v) is 13.5. The van der Waals surface area contributed by atoms with Gasteiger partial charge >= 0.3 is 5.97 Å². The number of nitrogens with zero attached hydrogens (tertiary/aromatic N) is 8. The van der Waals surface area contributed by atoms with Crippen molar-refractivity contribution in [3.8, 4) is 28.6 Å². The van der Waals surface area contributed by atoms with Gasteiger partial charge in [-0.2, -0.15) is 19.7 Å². The third kappa shape index (κ3) is 4.91. The predicted molar refractivity (Wildman–Crippen MR) is 150 cm³/mol. The summed E-state index contributed by atoms with van der Waals surface area (Å²) in [5.41, 5.74) is 4.68. The molecule has 0 N–H and O–H groups in total. The van der Waals surface area contributed by atoms with Crippen LogP contribution < -0.4 is 4.90 Å². The number of hydrogen-bond acceptors (Lipinski definition) is 9. The molecule has 0 bridgehead atoms. The number of anilines is 1. The number of morpholine rings is 1. The van der Waals surface area contributed by atoms with Gasteiger partial charge in [-0.25, -0.2) is 4.98 Å². The van der Waals surface area contributed by atoms with Crippen LogP contribution in [-0.4, -0.2) is 73.2 Å². The number of carbonyl (C=O) groups excluding carboxylic acids is 1. The molecule has 0 unspecified atom stereocenters. The Kier molecular flexibility index (Phi) is 7.19. The van der Waals surface area contributed by atoms with E-state index in [1.807, 2.05) is 48.5 Å². The number of esters is 1. The summed E-state index contributed by atoms with van der Waals surface area (Å²) in [5.74, 6) is 1.60. The molecule has 11 heteroatoms. The largest absolute Gasteiger partial charge is 0.466 e. The monoisotopic (exact) mass is 538 g/mol. The fraction of sp³-hybridized carbons (Fsp3) is 0.310. The van der Waals surface area contributed by atoms with Crippen LogP contribution in [0.2, 0.25) is 0 Å². The molecular weight excluding hydrogens is 508 g/mol. The Labute approximate surface area is 231 Å². The van der Waals surface area contributed by atoms with E-state index in [0.717, 1.165) is 34.0 Å². The van der Waals surface area contributed by atoms with E-state index in [-0.39, 0.29) is 12.4 Å². The second-order valence-corrected chi connectivity index (χ2v) is 9.31. The van der Waals surface area contributed by atoms with Crippen LogP contribution in [0.4, 0.5) is 5.82 Å². The lowest BCUT2D eigenvalue weighted by Crippen LogP contribution is -2.37. The normalized spacial score (nSPS) is 13.6. The molecule has 0 radical (unpaired) electrons. The zero-order chi connectivity index (χ0) is 27.5. The van der Waals surface area contributed by atoms with Gasteiger partial charge in [-0.15, -0.1) is 0 Å². The molecule has 0 saturated carbocycles. The van der Waals surface area contributed by atoms with Crippen LogP contribution in [0.25, 0.3) is 39.8 Å². The Morgan fingerprint density at radius 2 is 1.75 bits per heavy atom. The van der Waals surface area contributed by atoms with Crippen LogP contribution in [0.1, 0.15) is 19.5 Å². The summed E-state index contributed by atoms with van der Waals surface area (Å²) >= 11 is 0. The van der Waals surface area contributed by atoms with Gasteiger partial charge < -0.3 is 18.9 Å². The second kappa shape index (κ2) is 11.2. The van der Waals surface area contributed by atoms with E-state index in [0.29, 0.717) is 56.7 Å². The second-order valence-electron chi connectivity index (χ2n) is 9.31. The van der Waals surface area contributed by atoms with Crippen molar-refractivity contribution in [1.29, 1.82) is 0 Å². The maximum absolute atomic E-state index is 12.3. The molecule has 6 rings (SSSR count). The van der Waals surface area contributed by atoms with Crippen molar-refractivity contribution in [2.45, 2.75) is 26.8 Å². The molecule has 5 aromatic rings. The Morgan fingerprint density at radius 3 is 2.48 bits per heavy atom. The first-order valence-electron chi connectivity index (χ1n) is 13.5. The summed E-state index contributed by atoms with van der Waals surface area (Å²) in [7, 11) is 0. The third-order valence-electron chi connectivity index (χ3n) is 6.78. The van der Waals surface area contributed by atoms with Gasteiger partial charge in [0.25, 0.3) is 5.95 Å². The maximum atomic E-state index is 12.3. The lowest BCUT2D eigenvalue weighted by molar-refractivity contribution is -0.142. The summed E-state index contributed by atoms with van der Waals surface area (Å²) in [6, 6.07) is 15.7. The molecule has 1 aliphatic heterocycles. The molecular formula is C29H30N8O3. The average molecular weight is 539 g/mol. The SMILES string of the molecule is CCOC(=O)Cc1cc(-c2ccccc2)n(-c2nc(N3CCOCC3)c3nc(-c4ccncc4)n(CC)c3n2)n1. The number of ether oxygens (including phenoxy) is 2. The predicted octanol–water partition coefficient (Wildman–Crippen LogP) is 3.70. The first kappa shape index (κ1) is 25.6. The van der Waals surface area contributed by atoms with E-state index in [4.69, 9.17) is 29.5 Å². The lowest BCUT2D eigenvalue weighted by Gasteiger charge is -2.28. The number of rotatable bonds is 8. The van der Waals surface area contributed by atoms with E-state index in [9.17, 15) is 4.79 Å². The number of aromatic nitrogens is 7. The van der Waals surface area contributed by atoms with Crippen molar-refractivity contribution in [2.24, 2.45) is 0 Å². The third-order valence-corrected chi connectivity index (χ3v) is 6.78. The van der Waals surface area contributed by atoms with Crippen molar-refractivity contribution in [2.75, 3.05) is 37.8 Å². The Bertz CT molecular complexity index is 1630. The van der Waals surface area contributed by atoms with Crippen molar-refractivity contribution in [1.82, 2.24) is 34.3 Å². The van der Waals surface area contributed by atoms with Gasteiger partial charge in [0.15, 0.2) is 17.0 Å². The quantitative estimate of drug-likeness (QED) is 0.273. The van der Waals surface area contributed by atoms with Gasteiger partial charge in [-0.1, -0.05) is 30.3 Å². The minimum Gasteiger partial charge on any atom is -0.466 e. The molecule has 5 heterocycles. The average Bonchev–Trinajstić information content (AvgIpc) is 3.59. The zero-order valence-corrected chi connectivity index (χ0v) is 22.5. The van der Waals surface area contributed by atoms with E-state index in [1.165, 1.54) is 0 Å². The minimum absolute atomic E-state index is 0.0539. The molecule has 4 aromatic heterocycles. The number of carbonyl (C=O) groups is 1. The fourth-order valence-corrected chi connectivity index (χ4v) is 4.93. The fourth-order valence-electron chi connectivity index (χ4n) is 4.93. The summed E-state index contributed by atoms with van der Waals surface area (Å²) in [6.45, 7) is 7.42. The van der Waals surface area contributed by atoms with Crippen molar-refractivity contribution >= 4 is 23.0 Å². The van der Waals surface area contributed by atoms with Crippen LogP contribution in [0.15, 0.2) is 60.9 Å². The number of pyridine rings is 1. The topological polar surface area (TPSA) is 113 Å². The Balaban J connectivity index is 1.57. The molecule has 1 saturated heterocycles. The van der Waals surface area contributed by atoms with E-state index in [2.05, 4.69) is 21.4 Å². The molecule has 11 nitrogen and oxygen atoms in total.